The summed E-state index contributed by atoms with van der Waals surface area (Å²) in [6, 6.07) is 3.74. The Morgan fingerprint density at radius 3 is 3.00 bits per heavy atom. The first-order valence-electron chi connectivity index (χ1n) is 6.99. The van der Waals surface area contributed by atoms with Gasteiger partial charge in [-0.05, 0) is 31.5 Å². The van der Waals surface area contributed by atoms with Crippen molar-refractivity contribution >= 4 is 33.3 Å². The number of carbonyl (C=O) groups is 1. The summed E-state index contributed by atoms with van der Waals surface area (Å²) in [5.74, 6) is 1.47. The van der Waals surface area contributed by atoms with Crippen LogP contribution in [0.4, 0.5) is 5.82 Å². The molecule has 3 heterocycles. The lowest BCUT2D eigenvalue weighted by molar-refractivity contribution is 0.0959. The molecule has 22 heavy (non-hydrogen) atoms. The van der Waals surface area contributed by atoms with Crippen molar-refractivity contribution in [2.75, 3.05) is 11.9 Å². The third kappa shape index (κ3) is 2.67. The number of hydrogen-bond acceptors (Lipinski definition) is 6. The van der Waals surface area contributed by atoms with E-state index >= 15 is 0 Å². The fraction of sp³-hybridized carbons (Fsp3) is 0.267. The van der Waals surface area contributed by atoms with Gasteiger partial charge in [0, 0.05) is 6.54 Å². The third-order valence-electron chi connectivity index (χ3n) is 3.28. The minimum atomic E-state index is -0.0695. The molecule has 6 nitrogen and oxygen atoms in total. The summed E-state index contributed by atoms with van der Waals surface area (Å²) in [6.45, 7) is 4.95. The molecule has 2 N–H and O–H groups in total. The Bertz CT molecular complexity index is 795. The Labute approximate surface area is 131 Å². The lowest BCUT2D eigenvalue weighted by atomic mass is 10.2. The summed E-state index contributed by atoms with van der Waals surface area (Å²) in [5, 5.41) is 6.96. The summed E-state index contributed by atoms with van der Waals surface area (Å²) < 4.78 is 5.31. The van der Waals surface area contributed by atoms with Gasteiger partial charge in [-0.15, -0.1) is 11.3 Å². The molecule has 3 aromatic rings. The van der Waals surface area contributed by atoms with Crippen LogP contribution >= 0.6 is 11.3 Å². The molecule has 0 bridgehead atoms. The number of anilines is 1. The van der Waals surface area contributed by atoms with Crippen LogP contribution in [-0.2, 0) is 6.54 Å². The van der Waals surface area contributed by atoms with Gasteiger partial charge in [0.05, 0.1) is 23.1 Å². The molecule has 114 valence electrons. The first-order chi connectivity index (χ1) is 10.7. The van der Waals surface area contributed by atoms with E-state index in [-0.39, 0.29) is 5.91 Å². The van der Waals surface area contributed by atoms with Crippen molar-refractivity contribution in [3.63, 3.8) is 0 Å². The van der Waals surface area contributed by atoms with Crippen molar-refractivity contribution in [3.05, 3.63) is 40.9 Å². The van der Waals surface area contributed by atoms with E-state index in [1.165, 1.54) is 17.7 Å². The van der Waals surface area contributed by atoms with Crippen molar-refractivity contribution in [2.45, 2.75) is 20.4 Å². The normalized spacial score (nSPS) is 10.8. The van der Waals surface area contributed by atoms with Crippen molar-refractivity contribution in [1.29, 1.82) is 0 Å². The number of hydrogen-bond donors (Lipinski definition) is 2. The molecule has 3 rings (SSSR count). The van der Waals surface area contributed by atoms with Crippen LogP contribution in [0.15, 0.2) is 29.1 Å². The van der Waals surface area contributed by atoms with E-state index in [0.717, 1.165) is 21.5 Å². The average Bonchev–Trinajstić information content (AvgIpc) is 3.14. The number of nitrogens with zero attached hydrogens (tertiary/aromatic N) is 2. The molecular formula is C15H16N4O2S. The van der Waals surface area contributed by atoms with Gasteiger partial charge in [0.15, 0.2) is 0 Å². The minimum Gasteiger partial charge on any atom is -0.467 e. The lowest BCUT2D eigenvalue weighted by Gasteiger charge is -2.05. The maximum absolute atomic E-state index is 12.1. The predicted molar refractivity (Wildman–Crippen MR) is 86.2 cm³/mol. The van der Waals surface area contributed by atoms with Crippen LogP contribution < -0.4 is 10.6 Å². The van der Waals surface area contributed by atoms with E-state index in [4.69, 9.17) is 4.42 Å². The largest absolute Gasteiger partial charge is 0.467 e. The van der Waals surface area contributed by atoms with Crippen LogP contribution in [0.1, 0.15) is 27.9 Å². The monoisotopic (exact) mass is 316 g/mol. The molecule has 0 aliphatic carbocycles. The summed E-state index contributed by atoms with van der Waals surface area (Å²) in [5.41, 5.74) is 0.897. The standard InChI is InChI=1S/C15H16N4O2S/c1-3-16-14(20)12-9(2)11-13(18-8-19-15(11)22-12)17-7-10-5-4-6-21-10/h4-6,8H,3,7H2,1-2H3,(H,16,20)(H,17,18,19). The molecule has 0 fully saturated rings. The van der Waals surface area contributed by atoms with Gasteiger partial charge in [-0.25, -0.2) is 9.97 Å². The first kappa shape index (κ1) is 14.5. The Morgan fingerprint density at radius 2 is 2.27 bits per heavy atom. The van der Waals surface area contributed by atoms with Crippen LogP contribution in [0.5, 0.6) is 0 Å². The second-order valence-corrected chi connectivity index (χ2v) is 5.75. The highest BCUT2D eigenvalue weighted by Crippen LogP contribution is 2.33. The van der Waals surface area contributed by atoms with Gasteiger partial charge in [0.1, 0.15) is 22.7 Å². The number of aromatic nitrogens is 2. The zero-order chi connectivity index (χ0) is 15.5. The van der Waals surface area contributed by atoms with Gasteiger partial charge in [0.2, 0.25) is 0 Å². The molecule has 0 unspecified atom stereocenters. The Morgan fingerprint density at radius 1 is 1.41 bits per heavy atom. The van der Waals surface area contributed by atoms with E-state index in [2.05, 4.69) is 20.6 Å². The average molecular weight is 316 g/mol. The summed E-state index contributed by atoms with van der Waals surface area (Å²) >= 11 is 1.38. The number of nitrogens with one attached hydrogen (secondary N) is 2. The summed E-state index contributed by atoms with van der Waals surface area (Å²) in [6.07, 6.45) is 3.14. The van der Waals surface area contributed by atoms with Crippen LogP contribution in [0, 0.1) is 6.92 Å². The molecule has 3 aromatic heterocycles. The molecule has 0 saturated carbocycles. The van der Waals surface area contributed by atoms with Crippen LogP contribution in [0.2, 0.25) is 0 Å². The van der Waals surface area contributed by atoms with Crippen LogP contribution in [0.25, 0.3) is 10.2 Å². The second-order valence-electron chi connectivity index (χ2n) is 4.75. The molecule has 1 amide bonds. The SMILES string of the molecule is CCNC(=O)c1sc2ncnc(NCc3ccco3)c2c1C. The lowest BCUT2D eigenvalue weighted by Crippen LogP contribution is -2.22. The van der Waals surface area contributed by atoms with Crippen molar-refractivity contribution in [3.8, 4) is 0 Å². The predicted octanol–water partition coefficient (Wildman–Crippen LogP) is 2.95. The number of aryl methyl sites for hydroxylation is 1. The van der Waals surface area contributed by atoms with Gasteiger partial charge in [0.25, 0.3) is 5.91 Å². The molecular weight excluding hydrogens is 300 g/mol. The van der Waals surface area contributed by atoms with E-state index in [1.807, 2.05) is 26.0 Å². The van der Waals surface area contributed by atoms with Crippen molar-refractivity contribution in [2.24, 2.45) is 0 Å². The van der Waals surface area contributed by atoms with Gasteiger partial charge in [-0.3, -0.25) is 4.79 Å². The number of fused-ring (bicyclic) bond motifs is 1. The molecule has 0 aliphatic rings. The minimum absolute atomic E-state index is 0.0695. The number of carbonyl (C=O) groups excluding carboxylic acids is 1. The zero-order valence-corrected chi connectivity index (χ0v) is 13.2. The molecule has 0 saturated heterocycles. The van der Waals surface area contributed by atoms with E-state index in [0.29, 0.717) is 23.8 Å². The van der Waals surface area contributed by atoms with Crippen LogP contribution in [-0.4, -0.2) is 22.4 Å². The Kier molecular flexibility index (Phi) is 4.06. The summed E-state index contributed by atoms with van der Waals surface area (Å²) in [7, 11) is 0. The van der Waals surface area contributed by atoms with Gasteiger partial charge >= 0.3 is 0 Å². The maximum atomic E-state index is 12.1. The zero-order valence-electron chi connectivity index (χ0n) is 12.3. The third-order valence-corrected chi connectivity index (χ3v) is 4.48. The maximum Gasteiger partial charge on any atom is 0.261 e. The fourth-order valence-electron chi connectivity index (χ4n) is 2.25. The van der Waals surface area contributed by atoms with Crippen molar-refractivity contribution < 1.29 is 9.21 Å². The van der Waals surface area contributed by atoms with E-state index in [9.17, 15) is 4.79 Å². The van der Waals surface area contributed by atoms with E-state index < -0.39 is 0 Å². The highest BCUT2D eigenvalue weighted by atomic mass is 32.1. The number of furan rings is 1. The Balaban J connectivity index is 1.95. The molecule has 0 aliphatic heterocycles. The van der Waals surface area contributed by atoms with Crippen molar-refractivity contribution in [1.82, 2.24) is 15.3 Å². The van der Waals surface area contributed by atoms with Gasteiger partial charge < -0.3 is 15.1 Å². The second kappa shape index (κ2) is 6.15. The van der Waals surface area contributed by atoms with Crippen LogP contribution in [0.3, 0.4) is 0 Å². The number of rotatable bonds is 5. The molecule has 0 radical (unpaired) electrons. The summed E-state index contributed by atoms with van der Waals surface area (Å²) in [4.78, 5) is 22.2. The molecule has 0 spiro atoms. The molecule has 7 heteroatoms. The highest BCUT2D eigenvalue weighted by molar-refractivity contribution is 7.20. The molecule has 0 atom stereocenters. The smallest absolute Gasteiger partial charge is 0.261 e. The van der Waals surface area contributed by atoms with E-state index in [1.54, 1.807) is 6.26 Å². The fourth-order valence-corrected chi connectivity index (χ4v) is 3.31. The highest BCUT2D eigenvalue weighted by Gasteiger charge is 2.18. The first-order valence-corrected chi connectivity index (χ1v) is 7.81. The topological polar surface area (TPSA) is 80.0 Å². The molecule has 0 aromatic carbocycles. The number of thiophene rings is 1. The quantitative estimate of drug-likeness (QED) is 0.756. The number of amides is 1. The Hall–Kier alpha value is -2.41. The van der Waals surface area contributed by atoms with Gasteiger partial charge in [-0.1, -0.05) is 0 Å². The van der Waals surface area contributed by atoms with Gasteiger partial charge in [-0.2, -0.15) is 0 Å².